The number of unbranched alkanes of at least 4 members (excludes halogenated alkanes) is 31. The topological polar surface area (TPSA) is 78.9 Å². The molecule has 2 atom stereocenters. The van der Waals surface area contributed by atoms with Crippen LogP contribution in [-0.4, -0.2) is 37.2 Å². The first kappa shape index (κ1) is 54.4. The maximum atomic E-state index is 12.7. The molecule has 0 aromatic carbocycles. The van der Waals surface area contributed by atoms with Gasteiger partial charge in [-0.3, -0.25) is 14.4 Å². The third-order valence-corrected chi connectivity index (χ3v) is 11.7. The van der Waals surface area contributed by atoms with Crippen LogP contribution in [0.4, 0.5) is 0 Å². The molecule has 0 saturated heterocycles. The minimum absolute atomic E-state index is 0.0632. The summed E-state index contributed by atoms with van der Waals surface area (Å²) in [4.78, 5) is 37.8. The van der Waals surface area contributed by atoms with Gasteiger partial charge < -0.3 is 14.2 Å². The van der Waals surface area contributed by atoms with Crippen molar-refractivity contribution in [3.8, 4) is 0 Å². The standard InChI is InChI=1S/C50H96O6/c1-5-8-10-12-14-16-21-26-29-33-37-41-48(51)54-44-47(56-50(53)43-39-35-31-24-15-13-11-9-6-2)45-55-49(52)42-38-34-30-27-23-20-18-17-19-22-25-28-32-36-40-46(4)7-3/h46-47H,5-45H2,1-4H3/t46?,47-/m0/s1. The first-order chi connectivity index (χ1) is 27.4. The Balaban J connectivity index is 4.22. The second-order valence-electron chi connectivity index (χ2n) is 17.3. The van der Waals surface area contributed by atoms with Gasteiger partial charge in [-0.1, -0.05) is 240 Å². The highest BCUT2D eigenvalue weighted by Crippen LogP contribution is 2.17. The molecule has 56 heavy (non-hydrogen) atoms. The maximum absolute atomic E-state index is 12.7. The Bertz CT molecular complexity index is 843. The van der Waals surface area contributed by atoms with Crippen LogP contribution in [0.1, 0.15) is 278 Å². The van der Waals surface area contributed by atoms with Crippen molar-refractivity contribution in [1.82, 2.24) is 0 Å². The minimum Gasteiger partial charge on any atom is -0.462 e. The summed E-state index contributed by atoms with van der Waals surface area (Å²) in [5, 5.41) is 0. The van der Waals surface area contributed by atoms with Crippen molar-refractivity contribution in [2.45, 2.75) is 284 Å². The molecule has 0 aliphatic carbocycles. The van der Waals surface area contributed by atoms with E-state index in [0.29, 0.717) is 19.3 Å². The lowest BCUT2D eigenvalue weighted by Gasteiger charge is -2.18. The van der Waals surface area contributed by atoms with E-state index in [2.05, 4.69) is 27.7 Å². The Morgan fingerprint density at radius 2 is 0.625 bits per heavy atom. The van der Waals surface area contributed by atoms with Gasteiger partial charge in [0.1, 0.15) is 13.2 Å². The zero-order chi connectivity index (χ0) is 41.0. The third-order valence-electron chi connectivity index (χ3n) is 11.7. The molecule has 0 bridgehead atoms. The Kier molecular flexibility index (Phi) is 43.2. The molecular formula is C50H96O6. The van der Waals surface area contributed by atoms with E-state index in [1.165, 1.54) is 173 Å². The van der Waals surface area contributed by atoms with Crippen LogP contribution in [0.5, 0.6) is 0 Å². The van der Waals surface area contributed by atoms with E-state index in [0.717, 1.165) is 63.7 Å². The number of esters is 3. The summed E-state index contributed by atoms with van der Waals surface area (Å²) in [6.45, 7) is 9.03. The largest absolute Gasteiger partial charge is 0.462 e. The van der Waals surface area contributed by atoms with Crippen molar-refractivity contribution in [2.75, 3.05) is 13.2 Å². The number of hydrogen-bond donors (Lipinski definition) is 0. The molecule has 0 N–H and O–H groups in total. The Hall–Kier alpha value is -1.59. The van der Waals surface area contributed by atoms with Crippen LogP contribution in [-0.2, 0) is 28.6 Å². The minimum atomic E-state index is -0.759. The van der Waals surface area contributed by atoms with E-state index in [4.69, 9.17) is 14.2 Å². The van der Waals surface area contributed by atoms with E-state index in [9.17, 15) is 14.4 Å². The van der Waals surface area contributed by atoms with Crippen LogP contribution in [0.3, 0.4) is 0 Å². The normalized spacial score (nSPS) is 12.4. The van der Waals surface area contributed by atoms with E-state index in [-0.39, 0.29) is 31.1 Å². The molecule has 0 aliphatic rings. The number of hydrogen-bond acceptors (Lipinski definition) is 6. The predicted molar refractivity (Wildman–Crippen MR) is 238 cm³/mol. The summed E-state index contributed by atoms with van der Waals surface area (Å²) in [6, 6.07) is 0. The second kappa shape index (κ2) is 44.5. The van der Waals surface area contributed by atoms with Crippen LogP contribution in [0.25, 0.3) is 0 Å². The van der Waals surface area contributed by atoms with Crippen LogP contribution >= 0.6 is 0 Å². The molecule has 6 nitrogen and oxygen atoms in total. The van der Waals surface area contributed by atoms with Crippen molar-refractivity contribution in [3.05, 3.63) is 0 Å². The molecular weight excluding hydrogens is 697 g/mol. The number of carbonyl (C=O) groups excluding carboxylic acids is 3. The van der Waals surface area contributed by atoms with Gasteiger partial charge in [-0.15, -0.1) is 0 Å². The summed E-state index contributed by atoms with van der Waals surface area (Å²) in [7, 11) is 0. The van der Waals surface area contributed by atoms with E-state index in [1.54, 1.807) is 0 Å². The SMILES string of the molecule is CCCCCCCCCCCCCC(=O)OC[C@@H](COC(=O)CCCCCCCCCCCCCCCCC(C)CC)OC(=O)CCCCCCCCCCC. The maximum Gasteiger partial charge on any atom is 0.306 e. The van der Waals surface area contributed by atoms with Gasteiger partial charge in [-0.25, -0.2) is 0 Å². The lowest BCUT2D eigenvalue weighted by atomic mass is 9.99. The average molecular weight is 793 g/mol. The van der Waals surface area contributed by atoms with Crippen molar-refractivity contribution in [3.63, 3.8) is 0 Å². The van der Waals surface area contributed by atoms with Crippen molar-refractivity contribution < 1.29 is 28.6 Å². The summed E-state index contributed by atoms with van der Waals surface area (Å²) in [5.41, 5.74) is 0. The zero-order valence-corrected chi connectivity index (χ0v) is 38.1. The summed E-state index contributed by atoms with van der Waals surface area (Å²) < 4.78 is 16.7. The molecule has 332 valence electrons. The molecule has 0 aromatic heterocycles. The van der Waals surface area contributed by atoms with Gasteiger partial charge in [0.15, 0.2) is 6.10 Å². The molecule has 1 unspecified atom stereocenters. The molecule has 0 aromatic rings. The first-order valence-electron chi connectivity index (χ1n) is 24.9. The van der Waals surface area contributed by atoms with Crippen LogP contribution < -0.4 is 0 Å². The number of carbonyl (C=O) groups is 3. The molecule has 0 amide bonds. The van der Waals surface area contributed by atoms with Crippen LogP contribution in [0, 0.1) is 5.92 Å². The molecule has 6 heteroatoms. The van der Waals surface area contributed by atoms with Crippen molar-refractivity contribution in [1.29, 1.82) is 0 Å². The van der Waals surface area contributed by atoms with Crippen molar-refractivity contribution >= 4 is 17.9 Å². The summed E-state index contributed by atoms with van der Waals surface area (Å²) >= 11 is 0. The number of ether oxygens (including phenoxy) is 3. The van der Waals surface area contributed by atoms with Gasteiger partial charge in [-0.05, 0) is 25.2 Å². The fourth-order valence-corrected chi connectivity index (χ4v) is 7.48. The first-order valence-corrected chi connectivity index (χ1v) is 24.9. The third kappa shape index (κ3) is 42.0. The van der Waals surface area contributed by atoms with Crippen molar-refractivity contribution in [2.24, 2.45) is 5.92 Å². The Morgan fingerprint density at radius 3 is 0.929 bits per heavy atom. The van der Waals surface area contributed by atoms with E-state index >= 15 is 0 Å². The fourth-order valence-electron chi connectivity index (χ4n) is 7.48. The quantitative estimate of drug-likeness (QED) is 0.0347. The second-order valence-corrected chi connectivity index (χ2v) is 17.3. The molecule has 0 spiro atoms. The summed E-state index contributed by atoms with van der Waals surface area (Å²) in [5.74, 6) is 0.0449. The van der Waals surface area contributed by atoms with Gasteiger partial charge in [0.05, 0.1) is 0 Å². The van der Waals surface area contributed by atoms with E-state index < -0.39 is 6.10 Å². The fraction of sp³-hybridized carbons (Fsp3) is 0.940. The average Bonchev–Trinajstić information content (AvgIpc) is 3.19. The van der Waals surface area contributed by atoms with Gasteiger partial charge in [0.25, 0.3) is 0 Å². The molecule has 0 saturated carbocycles. The molecule has 0 radical (unpaired) electrons. The lowest BCUT2D eigenvalue weighted by molar-refractivity contribution is -0.167. The van der Waals surface area contributed by atoms with E-state index in [1.807, 2.05) is 0 Å². The Morgan fingerprint density at radius 1 is 0.357 bits per heavy atom. The zero-order valence-electron chi connectivity index (χ0n) is 38.1. The molecule has 0 rings (SSSR count). The summed E-state index contributed by atoms with van der Waals surface area (Å²) in [6.07, 6.45) is 45.1. The molecule has 0 fully saturated rings. The molecule has 0 heterocycles. The van der Waals surface area contributed by atoms with Gasteiger partial charge in [-0.2, -0.15) is 0 Å². The van der Waals surface area contributed by atoms with Gasteiger partial charge >= 0.3 is 17.9 Å². The lowest BCUT2D eigenvalue weighted by Crippen LogP contribution is -2.30. The smallest absolute Gasteiger partial charge is 0.306 e. The number of rotatable bonds is 45. The van der Waals surface area contributed by atoms with Crippen LogP contribution in [0.2, 0.25) is 0 Å². The highest BCUT2D eigenvalue weighted by atomic mass is 16.6. The van der Waals surface area contributed by atoms with Crippen LogP contribution in [0.15, 0.2) is 0 Å². The predicted octanol–water partition coefficient (Wildman–Crippen LogP) is 15.9. The highest BCUT2D eigenvalue weighted by molar-refractivity contribution is 5.71. The van der Waals surface area contributed by atoms with Gasteiger partial charge in [0, 0.05) is 19.3 Å². The monoisotopic (exact) mass is 793 g/mol. The Labute approximate surface area is 348 Å². The van der Waals surface area contributed by atoms with Gasteiger partial charge in [0.2, 0.25) is 0 Å². The molecule has 0 aliphatic heterocycles. The highest BCUT2D eigenvalue weighted by Gasteiger charge is 2.19.